The van der Waals surface area contributed by atoms with Crippen LogP contribution in [0.3, 0.4) is 0 Å². The summed E-state index contributed by atoms with van der Waals surface area (Å²) >= 11 is 1.69. The van der Waals surface area contributed by atoms with Gasteiger partial charge in [0.2, 0.25) is 0 Å². The van der Waals surface area contributed by atoms with Gasteiger partial charge in [0.1, 0.15) is 0 Å². The summed E-state index contributed by atoms with van der Waals surface area (Å²) in [6.07, 6.45) is 0. The molecular weight excluding hydrogens is 298 g/mol. The molecule has 1 aromatic heterocycles. The SMILES string of the molecule is CN=C(NCc1ccsc1)NCc1cccc(OC)c1OC. The van der Waals surface area contributed by atoms with Gasteiger partial charge in [-0.25, -0.2) is 0 Å². The van der Waals surface area contributed by atoms with Crippen molar-refractivity contribution in [3.63, 3.8) is 0 Å². The van der Waals surface area contributed by atoms with Crippen molar-refractivity contribution in [1.82, 2.24) is 10.6 Å². The number of guanidine groups is 1. The van der Waals surface area contributed by atoms with Crippen LogP contribution >= 0.6 is 11.3 Å². The van der Waals surface area contributed by atoms with Gasteiger partial charge in [0.05, 0.1) is 14.2 Å². The molecule has 2 aromatic rings. The average molecular weight is 319 g/mol. The summed E-state index contributed by atoms with van der Waals surface area (Å²) in [6, 6.07) is 7.92. The van der Waals surface area contributed by atoms with E-state index in [1.54, 1.807) is 32.6 Å². The third-order valence-electron chi connectivity index (χ3n) is 3.19. The Kier molecular flexibility index (Phi) is 6.09. The molecule has 0 aliphatic rings. The predicted molar refractivity (Wildman–Crippen MR) is 90.9 cm³/mol. The minimum atomic E-state index is 0.601. The number of methoxy groups -OCH3 is 2. The second-order valence-corrected chi connectivity index (χ2v) is 5.34. The van der Waals surface area contributed by atoms with Gasteiger partial charge < -0.3 is 20.1 Å². The Bertz CT molecular complexity index is 612. The Morgan fingerprint density at radius 2 is 1.95 bits per heavy atom. The third kappa shape index (κ3) is 4.14. The van der Waals surface area contributed by atoms with E-state index < -0.39 is 0 Å². The van der Waals surface area contributed by atoms with E-state index in [0.29, 0.717) is 6.54 Å². The molecule has 1 aromatic carbocycles. The maximum atomic E-state index is 5.43. The van der Waals surface area contributed by atoms with Crippen LogP contribution in [0.2, 0.25) is 0 Å². The van der Waals surface area contributed by atoms with E-state index in [0.717, 1.165) is 29.6 Å². The molecule has 0 bridgehead atoms. The molecule has 0 unspecified atom stereocenters. The summed E-state index contributed by atoms with van der Waals surface area (Å²) in [7, 11) is 5.03. The largest absolute Gasteiger partial charge is 0.493 e. The van der Waals surface area contributed by atoms with Crippen LogP contribution in [0.4, 0.5) is 0 Å². The zero-order chi connectivity index (χ0) is 15.8. The minimum Gasteiger partial charge on any atom is -0.493 e. The van der Waals surface area contributed by atoms with Gasteiger partial charge in [-0.2, -0.15) is 11.3 Å². The molecule has 22 heavy (non-hydrogen) atoms. The number of nitrogens with zero attached hydrogens (tertiary/aromatic N) is 1. The molecule has 2 rings (SSSR count). The normalized spacial score (nSPS) is 11.1. The van der Waals surface area contributed by atoms with E-state index in [1.807, 2.05) is 18.2 Å². The minimum absolute atomic E-state index is 0.601. The third-order valence-corrected chi connectivity index (χ3v) is 3.93. The number of rotatable bonds is 6. The molecular formula is C16H21N3O2S. The first kappa shape index (κ1) is 16.2. The number of hydrogen-bond donors (Lipinski definition) is 2. The summed E-state index contributed by atoms with van der Waals surface area (Å²) in [5.41, 5.74) is 2.26. The number of para-hydroxylation sites is 1. The summed E-state index contributed by atoms with van der Waals surface area (Å²) in [4.78, 5) is 4.23. The molecule has 118 valence electrons. The van der Waals surface area contributed by atoms with Crippen molar-refractivity contribution in [2.45, 2.75) is 13.1 Å². The molecule has 0 saturated carbocycles. The van der Waals surface area contributed by atoms with Gasteiger partial charge in [-0.3, -0.25) is 4.99 Å². The summed E-state index contributed by atoms with van der Waals surface area (Å²) < 4.78 is 10.7. The average Bonchev–Trinajstić information content (AvgIpc) is 3.08. The molecule has 0 aliphatic heterocycles. The number of benzene rings is 1. The zero-order valence-corrected chi connectivity index (χ0v) is 13.9. The highest BCUT2D eigenvalue weighted by atomic mass is 32.1. The molecule has 5 nitrogen and oxygen atoms in total. The van der Waals surface area contributed by atoms with E-state index >= 15 is 0 Å². The van der Waals surface area contributed by atoms with Crippen molar-refractivity contribution in [1.29, 1.82) is 0 Å². The highest BCUT2D eigenvalue weighted by Gasteiger charge is 2.09. The number of ether oxygens (including phenoxy) is 2. The maximum absolute atomic E-state index is 5.43. The monoisotopic (exact) mass is 319 g/mol. The summed E-state index contributed by atoms with van der Waals surface area (Å²) in [6.45, 7) is 1.35. The summed E-state index contributed by atoms with van der Waals surface area (Å²) in [5, 5.41) is 10.7. The Hall–Kier alpha value is -2.21. The number of thiophene rings is 1. The van der Waals surface area contributed by atoms with E-state index in [9.17, 15) is 0 Å². The smallest absolute Gasteiger partial charge is 0.191 e. The van der Waals surface area contributed by atoms with Crippen LogP contribution in [-0.4, -0.2) is 27.2 Å². The van der Waals surface area contributed by atoms with Crippen LogP contribution in [0.25, 0.3) is 0 Å². The van der Waals surface area contributed by atoms with Gasteiger partial charge in [-0.05, 0) is 28.5 Å². The fraction of sp³-hybridized carbons (Fsp3) is 0.312. The van der Waals surface area contributed by atoms with Crippen LogP contribution in [0, 0.1) is 0 Å². The molecule has 0 aliphatic carbocycles. The molecule has 6 heteroatoms. The lowest BCUT2D eigenvalue weighted by Gasteiger charge is -2.15. The van der Waals surface area contributed by atoms with E-state index in [1.165, 1.54) is 5.56 Å². The first-order chi connectivity index (χ1) is 10.8. The van der Waals surface area contributed by atoms with Gasteiger partial charge in [0.25, 0.3) is 0 Å². The van der Waals surface area contributed by atoms with Crippen molar-refractivity contribution in [2.24, 2.45) is 4.99 Å². The Morgan fingerprint density at radius 1 is 1.14 bits per heavy atom. The second kappa shape index (κ2) is 8.29. The summed E-state index contributed by atoms with van der Waals surface area (Å²) in [5.74, 6) is 2.21. The second-order valence-electron chi connectivity index (χ2n) is 4.56. The first-order valence-electron chi connectivity index (χ1n) is 6.94. The van der Waals surface area contributed by atoms with Crippen LogP contribution in [0.15, 0.2) is 40.0 Å². The van der Waals surface area contributed by atoms with Gasteiger partial charge in [-0.1, -0.05) is 12.1 Å². The standard InChI is InChI=1S/C16H21N3O2S/c1-17-16(18-9-12-7-8-22-11-12)19-10-13-5-4-6-14(20-2)15(13)21-3/h4-8,11H,9-10H2,1-3H3,(H2,17,18,19). The number of hydrogen-bond acceptors (Lipinski definition) is 4. The fourth-order valence-electron chi connectivity index (χ4n) is 2.07. The molecule has 2 N–H and O–H groups in total. The molecule has 0 fully saturated rings. The molecule has 1 heterocycles. The van der Waals surface area contributed by atoms with Crippen molar-refractivity contribution in [3.8, 4) is 11.5 Å². The van der Waals surface area contributed by atoms with Crippen LogP contribution in [0.5, 0.6) is 11.5 Å². The molecule has 0 radical (unpaired) electrons. The van der Waals surface area contributed by atoms with Gasteiger partial charge in [-0.15, -0.1) is 0 Å². The Labute approximate surface area is 135 Å². The van der Waals surface area contributed by atoms with E-state index in [4.69, 9.17) is 9.47 Å². The Balaban J connectivity index is 1.96. The van der Waals surface area contributed by atoms with Crippen molar-refractivity contribution in [2.75, 3.05) is 21.3 Å². The number of aliphatic imine (C=N–C) groups is 1. The molecule has 0 amide bonds. The van der Waals surface area contributed by atoms with Crippen molar-refractivity contribution in [3.05, 3.63) is 46.2 Å². The molecule has 0 spiro atoms. The lowest BCUT2D eigenvalue weighted by molar-refractivity contribution is 0.351. The zero-order valence-electron chi connectivity index (χ0n) is 13.1. The maximum Gasteiger partial charge on any atom is 0.191 e. The predicted octanol–water partition coefficient (Wildman–Crippen LogP) is 2.63. The van der Waals surface area contributed by atoms with Crippen LogP contribution in [0.1, 0.15) is 11.1 Å². The van der Waals surface area contributed by atoms with Crippen molar-refractivity contribution >= 4 is 17.3 Å². The van der Waals surface area contributed by atoms with Gasteiger partial charge in [0.15, 0.2) is 17.5 Å². The van der Waals surface area contributed by atoms with E-state index in [-0.39, 0.29) is 0 Å². The van der Waals surface area contributed by atoms with E-state index in [2.05, 4.69) is 32.5 Å². The number of nitrogens with one attached hydrogen (secondary N) is 2. The quantitative estimate of drug-likeness (QED) is 0.635. The Morgan fingerprint density at radius 3 is 2.59 bits per heavy atom. The van der Waals surface area contributed by atoms with Crippen molar-refractivity contribution < 1.29 is 9.47 Å². The van der Waals surface area contributed by atoms with Crippen LogP contribution < -0.4 is 20.1 Å². The first-order valence-corrected chi connectivity index (χ1v) is 7.88. The van der Waals surface area contributed by atoms with Crippen LogP contribution in [-0.2, 0) is 13.1 Å². The highest BCUT2D eigenvalue weighted by molar-refractivity contribution is 7.07. The molecule has 0 atom stereocenters. The lowest BCUT2D eigenvalue weighted by Crippen LogP contribution is -2.36. The fourth-order valence-corrected chi connectivity index (χ4v) is 2.74. The highest BCUT2D eigenvalue weighted by Crippen LogP contribution is 2.30. The molecule has 0 saturated heterocycles. The lowest BCUT2D eigenvalue weighted by atomic mass is 10.2. The van der Waals surface area contributed by atoms with Gasteiger partial charge >= 0.3 is 0 Å². The topological polar surface area (TPSA) is 54.9 Å². The van der Waals surface area contributed by atoms with Gasteiger partial charge in [0, 0.05) is 25.7 Å².